The number of aromatic amines is 1. The van der Waals surface area contributed by atoms with Crippen molar-refractivity contribution in [3.63, 3.8) is 0 Å². The lowest BCUT2D eigenvalue weighted by Crippen LogP contribution is -2.37. The third-order valence-electron chi connectivity index (χ3n) is 10.2. The second kappa shape index (κ2) is 15.3. The minimum atomic E-state index is -0.579. The van der Waals surface area contributed by atoms with Crippen LogP contribution in [0, 0.1) is 24.7 Å². The fourth-order valence-corrected chi connectivity index (χ4v) is 7.31. The monoisotopic (exact) mass is 705 g/mol. The number of hydrogen-bond donors (Lipinski definition) is 4. The molecular weight excluding hydrogens is 654 g/mol. The number of aryl methyl sites for hydroxylation is 1. The van der Waals surface area contributed by atoms with E-state index in [1.54, 1.807) is 12.1 Å². The Labute approximate surface area is 305 Å². The molecule has 6 rings (SSSR count). The molecule has 274 valence electrons. The Bertz CT molecular complexity index is 1960. The highest BCUT2D eigenvalue weighted by molar-refractivity contribution is 6.01. The number of anilines is 2. The van der Waals surface area contributed by atoms with Crippen molar-refractivity contribution in [3.8, 4) is 11.1 Å². The van der Waals surface area contributed by atoms with Gasteiger partial charge in [-0.1, -0.05) is 44.2 Å². The number of nitrogens with zero attached hydrogens (tertiary/aromatic N) is 1. The highest BCUT2D eigenvalue weighted by Gasteiger charge is 2.31. The predicted molar refractivity (Wildman–Crippen MR) is 204 cm³/mol. The number of ether oxygens (including phenoxy) is 1. The van der Waals surface area contributed by atoms with Crippen molar-refractivity contribution < 1.29 is 23.9 Å². The number of nitrogens with one attached hydrogen (secondary N) is 4. The molecule has 2 aliphatic rings. The fourth-order valence-electron chi connectivity index (χ4n) is 7.31. The summed E-state index contributed by atoms with van der Waals surface area (Å²) in [5.41, 5.74) is 7.86. The molecule has 0 radical (unpaired) electrons. The normalized spacial score (nSPS) is 17.8. The number of ketones is 1. The van der Waals surface area contributed by atoms with Gasteiger partial charge in [-0.05, 0) is 118 Å². The molecule has 0 unspecified atom stereocenters. The minimum absolute atomic E-state index is 0.0690. The first kappa shape index (κ1) is 36.8. The predicted octanol–water partition coefficient (Wildman–Crippen LogP) is 8.24. The summed E-state index contributed by atoms with van der Waals surface area (Å²) in [4.78, 5) is 59.9. The van der Waals surface area contributed by atoms with Gasteiger partial charge in [0.2, 0.25) is 11.8 Å². The van der Waals surface area contributed by atoms with Crippen molar-refractivity contribution in [1.29, 1.82) is 0 Å². The second-order valence-electron chi connectivity index (χ2n) is 15.9. The summed E-state index contributed by atoms with van der Waals surface area (Å²) in [5, 5.41) is 8.75. The largest absolute Gasteiger partial charge is 0.444 e. The van der Waals surface area contributed by atoms with Crippen LogP contribution in [0.2, 0.25) is 0 Å². The number of aromatic nitrogens is 2. The van der Waals surface area contributed by atoms with Crippen molar-refractivity contribution in [3.05, 3.63) is 77.1 Å². The van der Waals surface area contributed by atoms with Crippen LogP contribution in [0.3, 0.4) is 0 Å². The van der Waals surface area contributed by atoms with Gasteiger partial charge in [-0.15, -0.1) is 0 Å². The molecule has 0 bridgehead atoms. The Hall–Kier alpha value is -4.99. The molecule has 2 heterocycles. The molecule has 1 fully saturated rings. The molecule has 4 aromatic rings. The zero-order valence-corrected chi connectivity index (χ0v) is 31.2. The van der Waals surface area contributed by atoms with E-state index in [1.807, 2.05) is 39.0 Å². The third-order valence-corrected chi connectivity index (χ3v) is 10.2. The fraction of sp³-hybridized carbons (Fsp3) is 0.452. The topological polar surface area (TPSA) is 142 Å². The van der Waals surface area contributed by atoms with Crippen LogP contribution in [0.1, 0.15) is 95.2 Å². The molecule has 1 aliphatic carbocycles. The molecule has 1 saturated carbocycles. The summed E-state index contributed by atoms with van der Waals surface area (Å²) in [6, 6.07) is 17.9. The Morgan fingerprint density at radius 3 is 2.40 bits per heavy atom. The van der Waals surface area contributed by atoms with Crippen LogP contribution in [0.4, 0.5) is 16.2 Å². The van der Waals surface area contributed by atoms with Crippen LogP contribution < -0.4 is 16.0 Å². The van der Waals surface area contributed by atoms with Gasteiger partial charge in [0.25, 0.3) is 0 Å². The Kier molecular flexibility index (Phi) is 10.8. The quantitative estimate of drug-likeness (QED) is 0.124. The first-order valence-corrected chi connectivity index (χ1v) is 18.5. The Morgan fingerprint density at radius 1 is 0.981 bits per heavy atom. The van der Waals surface area contributed by atoms with Gasteiger partial charge in [-0.3, -0.25) is 14.4 Å². The molecule has 10 nitrogen and oxygen atoms in total. The van der Waals surface area contributed by atoms with Gasteiger partial charge in [-0.25, -0.2) is 9.78 Å². The van der Waals surface area contributed by atoms with E-state index in [0.717, 1.165) is 70.4 Å². The number of hydrogen-bond acceptors (Lipinski definition) is 6. The smallest absolute Gasteiger partial charge is 0.407 e. The van der Waals surface area contributed by atoms with Gasteiger partial charge in [-0.2, -0.15) is 0 Å². The van der Waals surface area contributed by atoms with E-state index < -0.39 is 17.6 Å². The van der Waals surface area contributed by atoms with E-state index in [4.69, 9.17) is 9.72 Å². The molecule has 0 saturated heterocycles. The maximum atomic E-state index is 13.9. The van der Waals surface area contributed by atoms with Crippen LogP contribution in [-0.2, 0) is 32.0 Å². The van der Waals surface area contributed by atoms with Crippen molar-refractivity contribution in [2.45, 2.75) is 98.0 Å². The van der Waals surface area contributed by atoms with E-state index >= 15 is 0 Å². The summed E-state index contributed by atoms with van der Waals surface area (Å²) in [6.45, 7) is 12.4. The zero-order chi connectivity index (χ0) is 37.2. The number of imidazole rings is 1. The van der Waals surface area contributed by atoms with Gasteiger partial charge < -0.3 is 25.7 Å². The summed E-state index contributed by atoms with van der Waals surface area (Å²) in [6.07, 6.45) is 3.55. The number of rotatable bonds is 11. The number of fused-ring (bicyclic) bond motifs is 2. The van der Waals surface area contributed by atoms with Crippen molar-refractivity contribution >= 4 is 46.1 Å². The summed E-state index contributed by atoms with van der Waals surface area (Å²) < 4.78 is 5.37. The van der Waals surface area contributed by atoms with Crippen LogP contribution >= 0.6 is 0 Å². The molecule has 1 aromatic heterocycles. The number of carbonyl (C=O) groups excluding carboxylic acids is 4. The van der Waals surface area contributed by atoms with Gasteiger partial charge in [0.15, 0.2) is 0 Å². The average Bonchev–Trinajstić information content (AvgIpc) is 3.68. The first-order valence-electron chi connectivity index (χ1n) is 18.5. The van der Waals surface area contributed by atoms with E-state index in [0.29, 0.717) is 36.7 Å². The third kappa shape index (κ3) is 9.08. The lowest BCUT2D eigenvalue weighted by Gasteiger charge is -2.29. The molecule has 3 aromatic carbocycles. The molecule has 52 heavy (non-hydrogen) atoms. The summed E-state index contributed by atoms with van der Waals surface area (Å²) >= 11 is 0. The maximum absolute atomic E-state index is 13.9. The molecule has 1 atom stereocenters. The van der Waals surface area contributed by atoms with E-state index in [9.17, 15) is 19.2 Å². The number of alkyl carbamates (subject to hydrolysis) is 1. The standard InChI is InChI=1S/C42H51N5O5/c1-24(2)39-46-35-17-25(3)33(22-36(35)47-39)28-11-7-26(8-12-28)18-31(40(50)44-32-16-15-30-20-38(49)45-34(30)21-32)19-37(48)29-13-9-27(10-14-29)23-43-41(51)52-42(4,5)6/h7-8,11-12,15-17,21-22,24,27,29,31H,9-10,13-14,18-20,23H2,1-6H3,(H,43,51)(H,44,50)(H,45,49)(H,46,47)/t27?,29?,31-/m0/s1. The Morgan fingerprint density at radius 2 is 1.71 bits per heavy atom. The van der Waals surface area contributed by atoms with Gasteiger partial charge in [0, 0.05) is 42.1 Å². The van der Waals surface area contributed by atoms with Crippen LogP contribution in [0.5, 0.6) is 0 Å². The molecule has 0 spiro atoms. The lowest BCUT2D eigenvalue weighted by molar-refractivity contribution is -0.129. The molecule has 3 amide bonds. The summed E-state index contributed by atoms with van der Waals surface area (Å²) in [5.74, 6) is 0.654. The molecule has 4 N–H and O–H groups in total. The highest BCUT2D eigenvalue weighted by atomic mass is 16.6. The van der Waals surface area contributed by atoms with Crippen LogP contribution in [0.15, 0.2) is 54.6 Å². The van der Waals surface area contributed by atoms with Crippen molar-refractivity contribution in [2.75, 3.05) is 17.2 Å². The number of carbonyl (C=O) groups is 4. The number of amides is 3. The van der Waals surface area contributed by atoms with Crippen LogP contribution in [0.25, 0.3) is 22.2 Å². The van der Waals surface area contributed by atoms with Crippen molar-refractivity contribution in [1.82, 2.24) is 15.3 Å². The van der Waals surface area contributed by atoms with E-state index in [1.165, 1.54) is 0 Å². The molecule has 10 heteroatoms. The Balaban J connectivity index is 1.14. The van der Waals surface area contributed by atoms with Gasteiger partial charge in [0.1, 0.15) is 17.2 Å². The maximum Gasteiger partial charge on any atom is 0.407 e. The van der Waals surface area contributed by atoms with Crippen LogP contribution in [-0.4, -0.2) is 45.8 Å². The number of Topliss-reactive ketones (excluding diaryl/α,β-unsaturated/α-hetero) is 1. The summed E-state index contributed by atoms with van der Waals surface area (Å²) in [7, 11) is 0. The average molecular weight is 706 g/mol. The number of benzene rings is 3. The second-order valence-corrected chi connectivity index (χ2v) is 15.9. The van der Waals surface area contributed by atoms with Gasteiger partial charge in [0.05, 0.1) is 17.5 Å². The van der Waals surface area contributed by atoms with E-state index in [2.05, 4.69) is 66.0 Å². The van der Waals surface area contributed by atoms with Crippen molar-refractivity contribution in [2.24, 2.45) is 17.8 Å². The van der Waals surface area contributed by atoms with Gasteiger partial charge >= 0.3 is 6.09 Å². The molecule has 1 aliphatic heterocycles. The first-order chi connectivity index (χ1) is 24.7. The molecular formula is C42H51N5O5. The van der Waals surface area contributed by atoms with E-state index in [-0.39, 0.29) is 35.9 Å². The highest BCUT2D eigenvalue weighted by Crippen LogP contribution is 2.33. The SMILES string of the molecule is Cc1cc2[nH]c(C(C)C)nc2cc1-c1ccc(C[C@@H](CC(=O)C2CCC(CNC(=O)OC(C)(C)C)CC2)C(=O)Nc2ccc3c(c2)NC(=O)C3)cc1. The zero-order valence-electron chi connectivity index (χ0n) is 31.2. The minimum Gasteiger partial charge on any atom is -0.444 e. The lowest BCUT2D eigenvalue weighted by atomic mass is 9.77. The number of H-pyrrole nitrogens is 1.